The summed E-state index contributed by atoms with van der Waals surface area (Å²) in [6.07, 6.45) is 1.73. The van der Waals surface area contributed by atoms with Crippen molar-refractivity contribution in [3.63, 3.8) is 0 Å². The Kier molecular flexibility index (Phi) is 4.49. The molecule has 1 aromatic heterocycles. The third-order valence-corrected chi connectivity index (χ3v) is 4.99. The van der Waals surface area contributed by atoms with E-state index in [1.54, 1.807) is 24.3 Å². The van der Waals surface area contributed by atoms with Crippen molar-refractivity contribution >= 4 is 68.6 Å². The lowest BCUT2D eigenvalue weighted by Gasteiger charge is -1.98. The minimum absolute atomic E-state index is 0.212. The summed E-state index contributed by atoms with van der Waals surface area (Å²) in [4.78, 5) is 16.7. The molecule has 1 aromatic carbocycles. The van der Waals surface area contributed by atoms with Gasteiger partial charge in [0.05, 0.1) is 15.0 Å². The highest BCUT2D eigenvalue weighted by atomic mass is 35.5. The Bertz CT molecular complexity index is 816. The van der Waals surface area contributed by atoms with Gasteiger partial charge in [0.2, 0.25) is 5.13 Å². The lowest BCUT2D eigenvalue weighted by atomic mass is 10.2. The summed E-state index contributed by atoms with van der Waals surface area (Å²) in [7, 11) is 0. The standard InChI is InChI=1S/C13H8Cl2N4OS2/c1-6-18-19-13(21-6)17-12-16-11(20)10(22-12)5-7-2-3-8(14)9(15)4-7/h2-5H,1H3,(H,16,17,19,20)/b10-5-. The first kappa shape index (κ1) is 15.5. The molecule has 1 amide bonds. The molecule has 112 valence electrons. The molecule has 2 aromatic rings. The number of carbonyl (C=O) groups is 1. The molecule has 0 bridgehead atoms. The number of benzene rings is 1. The first-order valence-electron chi connectivity index (χ1n) is 6.06. The number of nitrogens with one attached hydrogen (secondary N) is 1. The van der Waals surface area contributed by atoms with Crippen LogP contribution in [0.2, 0.25) is 10.0 Å². The van der Waals surface area contributed by atoms with Crippen LogP contribution in [0.25, 0.3) is 6.08 Å². The largest absolute Gasteiger partial charge is 0.300 e. The van der Waals surface area contributed by atoms with E-state index in [9.17, 15) is 4.79 Å². The van der Waals surface area contributed by atoms with Crippen LogP contribution in [-0.4, -0.2) is 21.3 Å². The molecule has 0 aliphatic carbocycles. The Hall–Kier alpha value is -1.41. The normalized spacial score (nSPS) is 18.2. The van der Waals surface area contributed by atoms with Crippen LogP contribution in [0, 0.1) is 6.92 Å². The van der Waals surface area contributed by atoms with Crippen molar-refractivity contribution in [2.24, 2.45) is 4.99 Å². The van der Waals surface area contributed by atoms with Crippen LogP contribution >= 0.6 is 46.3 Å². The lowest BCUT2D eigenvalue weighted by Crippen LogP contribution is -2.19. The molecule has 1 aliphatic rings. The molecule has 3 rings (SSSR count). The highest BCUT2D eigenvalue weighted by Crippen LogP contribution is 2.30. The van der Waals surface area contributed by atoms with Gasteiger partial charge in [0.25, 0.3) is 5.91 Å². The van der Waals surface area contributed by atoms with Crippen LogP contribution in [0.15, 0.2) is 28.1 Å². The molecule has 1 N–H and O–H groups in total. The Morgan fingerprint density at radius 3 is 2.77 bits per heavy atom. The number of aryl methyl sites for hydroxylation is 1. The van der Waals surface area contributed by atoms with E-state index in [0.717, 1.165) is 10.6 Å². The second kappa shape index (κ2) is 6.37. The minimum atomic E-state index is -0.212. The Balaban J connectivity index is 1.83. The number of hydrogen-bond acceptors (Lipinski definition) is 6. The highest BCUT2D eigenvalue weighted by Gasteiger charge is 2.24. The fraction of sp³-hybridized carbons (Fsp3) is 0.0769. The number of rotatable bonds is 2. The number of hydrogen-bond donors (Lipinski definition) is 1. The van der Waals surface area contributed by atoms with E-state index in [1.807, 2.05) is 6.92 Å². The van der Waals surface area contributed by atoms with E-state index in [0.29, 0.717) is 25.2 Å². The Morgan fingerprint density at radius 2 is 2.09 bits per heavy atom. The summed E-state index contributed by atoms with van der Waals surface area (Å²) in [6.45, 7) is 1.84. The number of nitrogens with zero attached hydrogens (tertiary/aromatic N) is 3. The van der Waals surface area contributed by atoms with Gasteiger partial charge in [0, 0.05) is 0 Å². The molecule has 22 heavy (non-hydrogen) atoms. The smallest absolute Gasteiger partial charge is 0.264 e. The van der Waals surface area contributed by atoms with Crippen molar-refractivity contribution in [1.82, 2.24) is 15.5 Å². The quantitative estimate of drug-likeness (QED) is 0.809. The summed E-state index contributed by atoms with van der Waals surface area (Å²) in [6, 6.07) is 5.18. The second-order valence-corrected chi connectivity index (χ2v) is 7.26. The van der Waals surface area contributed by atoms with E-state index < -0.39 is 0 Å². The van der Waals surface area contributed by atoms with Gasteiger partial charge >= 0.3 is 0 Å². The van der Waals surface area contributed by atoms with Gasteiger partial charge in [-0.25, -0.2) is 0 Å². The van der Waals surface area contributed by atoms with Crippen molar-refractivity contribution < 1.29 is 4.79 Å². The number of aliphatic imine (C=N–C) groups is 1. The third-order valence-electron chi connectivity index (χ3n) is 2.60. The predicted molar refractivity (Wildman–Crippen MR) is 91.9 cm³/mol. The van der Waals surface area contributed by atoms with Gasteiger partial charge in [-0.3, -0.25) is 4.79 Å². The zero-order valence-electron chi connectivity index (χ0n) is 11.1. The summed E-state index contributed by atoms with van der Waals surface area (Å²) < 4.78 is 0. The topological polar surface area (TPSA) is 67.2 Å². The lowest BCUT2D eigenvalue weighted by molar-refractivity contribution is -0.115. The number of aromatic nitrogens is 2. The third kappa shape index (κ3) is 3.49. The van der Waals surface area contributed by atoms with Gasteiger partial charge in [-0.1, -0.05) is 40.6 Å². The molecule has 1 aliphatic heterocycles. The monoisotopic (exact) mass is 370 g/mol. The number of halogens is 2. The number of thioether (sulfide) groups is 1. The van der Waals surface area contributed by atoms with Crippen molar-refractivity contribution in [3.8, 4) is 0 Å². The highest BCUT2D eigenvalue weighted by molar-refractivity contribution is 8.18. The molecule has 0 unspecified atom stereocenters. The van der Waals surface area contributed by atoms with Gasteiger partial charge in [0.1, 0.15) is 5.01 Å². The first-order chi connectivity index (χ1) is 10.5. The zero-order chi connectivity index (χ0) is 15.7. The van der Waals surface area contributed by atoms with Gasteiger partial charge < -0.3 is 5.32 Å². The van der Waals surface area contributed by atoms with Crippen LogP contribution in [0.5, 0.6) is 0 Å². The molecule has 0 atom stereocenters. The number of amides is 1. The van der Waals surface area contributed by atoms with Gasteiger partial charge in [-0.05, 0) is 42.5 Å². The molecule has 1 saturated heterocycles. The van der Waals surface area contributed by atoms with Crippen LogP contribution in [0.3, 0.4) is 0 Å². The van der Waals surface area contributed by atoms with Gasteiger partial charge in [-0.15, -0.1) is 10.2 Å². The molecular weight excluding hydrogens is 363 g/mol. The van der Waals surface area contributed by atoms with Crippen molar-refractivity contribution in [2.75, 3.05) is 0 Å². The van der Waals surface area contributed by atoms with E-state index in [4.69, 9.17) is 23.2 Å². The summed E-state index contributed by atoms with van der Waals surface area (Å²) in [5, 5.41) is 13.2. The fourth-order valence-electron chi connectivity index (χ4n) is 1.65. The van der Waals surface area contributed by atoms with Crippen LogP contribution in [0.1, 0.15) is 10.6 Å². The fourth-order valence-corrected chi connectivity index (χ4v) is 3.40. The summed E-state index contributed by atoms with van der Waals surface area (Å²) in [5.74, 6) is -0.212. The Labute approximate surface area is 144 Å². The molecule has 1 fully saturated rings. The number of carbonyl (C=O) groups excluding carboxylic acids is 1. The first-order valence-corrected chi connectivity index (χ1v) is 8.45. The predicted octanol–water partition coefficient (Wildman–Crippen LogP) is 4.04. The average molecular weight is 371 g/mol. The Morgan fingerprint density at radius 1 is 1.27 bits per heavy atom. The molecule has 0 radical (unpaired) electrons. The summed E-state index contributed by atoms with van der Waals surface area (Å²) >= 11 is 14.4. The average Bonchev–Trinajstić information content (AvgIpc) is 3.01. The molecule has 9 heteroatoms. The van der Waals surface area contributed by atoms with E-state index in [1.165, 1.54) is 23.1 Å². The maximum atomic E-state index is 12.0. The van der Waals surface area contributed by atoms with Crippen molar-refractivity contribution in [2.45, 2.75) is 6.92 Å². The molecular formula is C13H8Cl2N4OS2. The second-order valence-electron chi connectivity index (χ2n) is 4.26. The van der Waals surface area contributed by atoms with Crippen molar-refractivity contribution in [3.05, 3.63) is 43.7 Å². The van der Waals surface area contributed by atoms with Gasteiger partial charge in [0.15, 0.2) is 5.17 Å². The van der Waals surface area contributed by atoms with Crippen molar-refractivity contribution in [1.29, 1.82) is 0 Å². The van der Waals surface area contributed by atoms with E-state index in [2.05, 4.69) is 20.5 Å². The maximum absolute atomic E-state index is 12.0. The van der Waals surface area contributed by atoms with E-state index in [-0.39, 0.29) is 5.91 Å². The maximum Gasteiger partial charge on any atom is 0.264 e. The molecule has 0 spiro atoms. The van der Waals surface area contributed by atoms with E-state index >= 15 is 0 Å². The van der Waals surface area contributed by atoms with Crippen LogP contribution < -0.4 is 5.32 Å². The molecule has 0 saturated carbocycles. The minimum Gasteiger partial charge on any atom is -0.300 e. The van der Waals surface area contributed by atoms with Gasteiger partial charge in [-0.2, -0.15) is 4.99 Å². The summed E-state index contributed by atoms with van der Waals surface area (Å²) in [5.41, 5.74) is 0.792. The van der Waals surface area contributed by atoms with Crippen LogP contribution in [-0.2, 0) is 4.79 Å². The number of amidine groups is 1. The SMILES string of the molecule is Cc1nnc(/N=C2\NC(=O)/C(=C/c3ccc(Cl)c(Cl)c3)S2)s1. The molecule has 5 nitrogen and oxygen atoms in total. The van der Waals surface area contributed by atoms with Crippen LogP contribution in [0.4, 0.5) is 5.13 Å². The zero-order valence-corrected chi connectivity index (χ0v) is 14.3. The molecule has 2 heterocycles.